The Hall–Kier alpha value is -1.30. The molecule has 0 radical (unpaired) electrons. The molecule has 18 heavy (non-hydrogen) atoms. The van der Waals surface area contributed by atoms with Crippen molar-refractivity contribution >= 4 is 5.82 Å². The van der Waals surface area contributed by atoms with Crippen molar-refractivity contribution in [3.63, 3.8) is 0 Å². The van der Waals surface area contributed by atoms with E-state index in [2.05, 4.69) is 4.98 Å². The highest BCUT2D eigenvalue weighted by atomic mass is 19.4. The van der Waals surface area contributed by atoms with E-state index in [1.54, 1.807) is 26.8 Å². The molecule has 1 aromatic rings. The predicted octanol–water partition coefficient (Wildman–Crippen LogP) is 2.63. The van der Waals surface area contributed by atoms with Gasteiger partial charge in [0.2, 0.25) is 0 Å². The molecule has 3 nitrogen and oxygen atoms in total. The number of alkyl halides is 3. The number of halogens is 3. The summed E-state index contributed by atoms with van der Waals surface area (Å²) in [4.78, 5) is 5.35. The average molecular weight is 261 g/mol. The number of anilines is 1. The minimum atomic E-state index is -4.25. The standard InChI is InChI=1S/C12H18F3N3/c1-8(2)18(7-12(13,14)15)11-9(3)4-10(5-16)6-17-11/h4,6,8H,5,7,16H2,1-3H3. The lowest BCUT2D eigenvalue weighted by Crippen LogP contribution is -2.40. The van der Waals surface area contributed by atoms with Crippen molar-refractivity contribution in [1.82, 2.24) is 4.98 Å². The Morgan fingerprint density at radius 2 is 2.00 bits per heavy atom. The van der Waals surface area contributed by atoms with Crippen molar-refractivity contribution in [2.75, 3.05) is 11.4 Å². The third kappa shape index (κ3) is 3.87. The normalized spacial score (nSPS) is 12.0. The maximum Gasteiger partial charge on any atom is 0.405 e. The average Bonchev–Trinajstić information content (AvgIpc) is 2.24. The van der Waals surface area contributed by atoms with E-state index in [4.69, 9.17) is 5.73 Å². The first kappa shape index (κ1) is 14.8. The highest BCUT2D eigenvalue weighted by molar-refractivity contribution is 5.48. The highest BCUT2D eigenvalue weighted by Gasteiger charge is 2.33. The van der Waals surface area contributed by atoms with Crippen molar-refractivity contribution in [3.8, 4) is 0 Å². The molecule has 0 saturated heterocycles. The number of rotatable bonds is 4. The quantitative estimate of drug-likeness (QED) is 0.906. The molecule has 0 aromatic carbocycles. The summed E-state index contributed by atoms with van der Waals surface area (Å²) >= 11 is 0. The summed E-state index contributed by atoms with van der Waals surface area (Å²) in [5.74, 6) is 0.361. The molecule has 0 spiro atoms. The smallest absolute Gasteiger partial charge is 0.345 e. The Morgan fingerprint density at radius 3 is 2.39 bits per heavy atom. The van der Waals surface area contributed by atoms with Crippen LogP contribution in [-0.2, 0) is 6.54 Å². The van der Waals surface area contributed by atoms with E-state index in [0.29, 0.717) is 17.9 Å². The van der Waals surface area contributed by atoms with Gasteiger partial charge in [-0.1, -0.05) is 0 Å². The zero-order chi connectivity index (χ0) is 13.9. The minimum Gasteiger partial charge on any atom is -0.345 e. The van der Waals surface area contributed by atoms with Crippen LogP contribution in [0.15, 0.2) is 12.3 Å². The van der Waals surface area contributed by atoms with Gasteiger partial charge in [0.05, 0.1) is 0 Å². The number of pyridine rings is 1. The van der Waals surface area contributed by atoms with Crippen LogP contribution in [0.3, 0.4) is 0 Å². The van der Waals surface area contributed by atoms with Gasteiger partial charge in [-0.2, -0.15) is 13.2 Å². The van der Waals surface area contributed by atoms with Crippen molar-refractivity contribution in [2.24, 2.45) is 5.73 Å². The summed E-state index contributed by atoms with van der Waals surface area (Å²) < 4.78 is 37.6. The first-order valence-electron chi connectivity index (χ1n) is 5.73. The van der Waals surface area contributed by atoms with Gasteiger partial charge in [0.25, 0.3) is 0 Å². The van der Waals surface area contributed by atoms with E-state index in [9.17, 15) is 13.2 Å². The van der Waals surface area contributed by atoms with E-state index in [1.807, 2.05) is 0 Å². The number of nitrogens with zero attached hydrogens (tertiary/aromatic N) is 2. The molecule has 1 heterocycles. The van der Waals surface area contributed by atoms with Crippen molar-refractivity contribution in [2.45, 2.75) is 39.5 Å². The summed E-state index contributed by atoms with van der Waals surface area (Å²) in [5.41, 5.74) is 6.99. The number of aromatic nitrogens is 1. The Kier molecular flexibility index (Phi) is 4.56. The molecule has 6 heteroatoms. The molecule has 0 aliphatic carbocycles. The third-order valence-electron chi connectivity index (χ3n) is 2.59. The van der Waals surface area contributed by atoms with Crippen LogP contribution in [0, 0.1) is 6.92 Å². The largest absolute Gasteiger partial charge is 0.405 e. The number of hydrogen-bond acceptors (Lipinski definition) is 3. The van der Waals surface area contributed by atoms with E-state index >= 15 is 0 Å². The Balaban J connectivity index is 3.06. The van der Waals surface area contributed by atoms with Crippen LogP contribution in [0.1, 0.15) is 25.0 Å². The zero-order valence-electron chi connectivity index (χ0n) is 10.8. The fourth-order valence-corrected chi connectivity index (χ4v) is 1.73. The summed E-state index contributed by atoms with van der Waals surface area (Å²) in [6.45, 7) is 4.50. The lowest BCUT2D eigenvalue weighted by molar-refractivity contribution is -0.120. The predicted molar refractivity (Wildman–Crippen MR) is 65.4 cm³/mol. The van der Waals surface area contributed by atoms with Gasteiger partial charge in [-0.3, -0.25) is 0 Å². The molecule has 1 rings (SSSR count). The number of hydrogen-bond donors (Lipinski definition) is 1. The first-order chi connectivity index (χ1) is 8.24. The Morgan fingerprint density at radius 1 is 1.39 bits per heavy atom. The van der Waals surface area contributed by atoms with E-state index in [-0.39, 0.29) is 6.04 Å². The second-order valence-corrected chi connectivity index (χ2v) is 4.53. The van der Waals surface area contributed by atoms with Gasteiger partial charge in [0.1, 0.15) is 12.4 Å². The summed E-state index contributed by atoms with van der Waals surface area (Å²) in [7, 11) is 0. The van der Waals surface area contributed by atoms with Gasteiger partial charge in [-0.15, -0.1) is 0 Å². The van der Waals surface area contributed by atoms with Crippen molar-refractivity contribution in [3.05, 3.63) is 23.4 Å². The fraction of sp³-hybridized carbons (Fsp3) is 0.583. The fourth-order valence-electron chi connectivity index (χ4n) is 1.73. The van der Waals surface area contributed by atoms with Crippen LogP contribution in [0.4, 0.5) is 19.0 Å². The molecule has 0 bridgehead atoms. The number of aryl methyl sites for hydroxylation is 1. The molecule has 0 aliphatic heterocycles. The second-order valence-electron chi connectivity index (χ2n) is 4.53. The summed E-state index contributed by atoms with van der Waals surface area (Å²) in [6.07, 6.45) is -2.72. The monoisotopic (exact) mass is 261 g/mol. The van der Waals surface area contributed by atoms with Gasteiger partial charge >= 0.3 is 6.18 Å². The molecular formula is C12H18F3N3. The van der Waals surface area contributed by atoms with Crippen molar-refractivity contribution < 1.29 is 13.2 Å². The Labute approximate surface area is 105 Å². The van der Waals surface area contributed by atoms with Crippen LogP contribution in [0.25, 0.3) is 0 Å². The maximum atomic E-state index is 12.5. The molecule has 2 N–H and O–H groups in total. The van der Waals surface area contributed by atoms with E-state index in [0.717, 1.165) is 5.56 Å². The van der Waals surface area contributed by atoms with Gasteiger partial charge in [0.15, 0.2) is 0 Å². The molecule has 0 saturated carbocycles. The molecule has 0 unspecified atom stereocenters. The lowest BCUT2D eigenvalue weighted by Gasteiger charge is -2.30. The number of nitrogens with two attached hydrogens (primary N) is 1. The van der Waals surface area contributed by atoms with Gasteiger partial charge < -0.3 is 10.6 Å². The second kappa shape index (κ2) is 5.56. The van der Waals surface area contributed by atoms with Crippen LogP contribution in [0.5, 0.6) is 0 Å². The third-order valence-corrected chi connectivity index (χ3v) is 2.59. The van der Waals surface area contributed by atoms with Crippen LogP contribution < -0.4 is 10.6 Å². The van der Waals surface area contributed by atoms with Gasteiger partial charge in [-0.25, -0.2) is 4.98 Å². The minimum absolute atomic E-state index is 0.276. The Bertz CT molecular complexity index is 402. The summed E-state index contributed by atoms with van der Waals surface area (Å²) in [5, 5.41) is 0. The van der Waals surface area contributed by atoms with Gasteiger partial charge in [0, 0.05) is 18.8 Å². The SMILES string of the molecule is Cc1cc(CN)cnc1N(CC(F)(F)F)C(C)C. The molecule has 1 aromatic heterocycles. The topological polar surface area (TPSA) is 42.1 Å². The first-order valence-corrected chi connectivity index (χ1v) is 5.73. The van der Waals surface area contributed by atoms with Crippen LogP contribution >= 0.6 is 0 Å². The maximum absolute atomic E-state index is 12.5. The molecule has 0 aliphatic rings. The molecule has 0 amide bonds. The van der Waals surface area contributed by atoms with Crippen molar-refractivity contribution in [1.29, 1.82) is 0 Å². The van der Waals surface area contributed by atoms with Crippen LogP contribution in [-0.4, -0.2) is 23.7 Å². The lowest BCUT2D eigenvalue weighted by atomic mass is 10.1. The highest BCUT2D eigenvalue weighted by Crippen LogP contribution is 2.25. The molecular weight excluding hydrogens is 243 g/mol. The molecule has 0 fully saturated rings. The van der Waals surface area contributed by atoms with Gasteiger partial charge in [-0.05, 0) is 38.0 Å². The van der Waals surface area contributed by atoms with E-state index < -0.39 is 12.7 Å². The summed E-state index contributed by atoms with van der Waals surface area (Å²) in [6, 6.07) is 1.50. The van der Waals surface area contributed by atoms with E-state index in [1.165, 1.54) is 11.1 Å². The molecule has 0 atom stereocenters. The van der Waals surface area contributed by atoms with Crippen LogP contribution in [0.2, 0.25) is 0 Å². The zero-order valence-corrected chi connectivity index (χ0v) is 10.8. The molecule has 102 valence electrons.